The van der Waals surface area contributed by atoms with Gasteiger partial charge in [0.25, 0.3) is 0 Å². The predicted octanol–water partition coefficient (Wildman–Crippen LogP) is 2.23. The highest BCUT2D eigenvalue weighted by molar-refractivity contribution is 7.89. The molecular weight excluding hydrogens is 396 g/mol. The first-order valence-electron chi connectivity index (χ1n) is 8.78. The molecule has 29 heavy (non-hydrogen) atoms. The number of hydrogen-bond acceptors (Lipinski definition) is 6. The highest BCUT2D eigenvalue weighted by Crippen LogP contribution is 2.23. The third-order valence-corrected chi connectivity index (χ3v) is 6.21. The minimum absolute atomic E-state index is 0.155. The number of ether oxygens (including phenoxy) is 2. The van der Waals surface area contributed by atoms with E-state index in [1.807, 2.05) is 6.07 Å². The van der Waals surface area contributed by atoms with E-state index >= 15 is 0 Å². The maximum Gasteiger partial charge on any atom is 0.323 e. The fourth-order valence-electron chi connectivity index (χ4n) is 2.80. The summed E-state index contributed by atoms with van der Waals surface area (Å²) in [6.07, 6.45) is 0. The van der Waals surface area contributed by atoms with Crippen LogP contribution in [0.1, 0.15) is 5.56 Å². The molecule has 0 aliphatic carbocycles. The molecule has 2 aromatic carbocycles. The summed E-state index contributed by atoms with van der Waals surface area (Å²) in [4.78, 5) is 12.4. The summed E-state index contributed by atoms with van der Waals surface area (Å²) in [5, 5.41) is 14.3. The fourth-order valence-corrected chi connectivity index (χ4v) is 4.21. The monoisotopic (exact) mass is 416 g/mol. The Hall–Kier alpha value is -3.13. The maximum absolute atomic E-state index is 12.6. The van der Waals surface area contributed by atoms with Gasteiger partial charge in [-0.3, -0.25) is 0 Å². The number of morpholine rings is 1. The summed E-state index contributed by atoms with van der Waals surface area (Å²) < 4.78 is 36.9. The second kappa shape index (κ2) is 8.91. The minimum atomic E-state index is -3.59. The van der Waals surface area contributed by atoms with Crippen LogP contribution in [0.3, 0.4) is 0 Å². The van der Waals surface area contributed by atoms with E-state index in [9.17, 15) is 13.2 Å². The van der Waals surface area contributed by atoms with E-state index in [0.29, 0.717) is 49.0 Å². The van der Waals surface area contributed by atoms with Crippen LogP contribution in [0.4, 0.5) is 16.2 Å². The van der Waals surface area contributed by atoms with Crippen LogP contribution in [-0.2, 0) is 14.8 Å². The van der Waals surface area contributed by atoms with E-state index in [1.54, 1.807) is 12.1 Å². The zero-order chi connectivity index (χ0) is 20.9. The SMILES string of the molecule is COc1cc(NC(=O)Nc2ccc(S(=O)(=O)N3CCOCC3)cc2)ccc1C#N. The summed E-state index contributed by atoms with van der Waals surface area (Å²) in [5.74, 6) is 0.350. The lowest BCUT2D eigenvalue weighted by Crippen LogP contribution is -2.40. The Morgan fingerprint density at radius 3 is 2.34 bits per heavy atom. The highest BCUT2D eigenvalue weighted by atomic mass is 32.2. The Morgan fingerprint density at radius 2 is 1.72 bits per heavy atom. The average molecular weight is 416 g/mol. The molecule has 0 bridgehead atoms. The summed E-state index contributed by atoms with van der Waals surface area (Å²) in [5.41, 5.74) is 1.24. The quantitative estimate of drug-likeness (QED) is 0.771. The lowest BCUT2D eigenvalue weighted by molar-refractivity contribution is 0.0730. The number of benzene rings is 2. The van der Waals surface area contributed by atoms with Crippen molar-refractivity contribution >= 4 is 27.4 Å². The molecule has 1 fully saturated rings. The van der Waals surface area contributed by atoms with Crippen LogP contribution in [0.5, 0.6) is 5.75 Å². The lowest BCUT2D eigenvalue weighted by Gasteiger charge is -2.26. The molecular formula is C19H20N4O5S. The first-order chi connectivity index (χ1) is 13.9. The Morgan fingerprint density at radius 1 is 1.10 bits per heavy atom. The second-order valence-corrected chi connectivity index (χ2v) is 8.08. The van der Waals surface area contributed by atoms with Crippen molar-refractivity contribution in [3.63, 3.8) is 0 Å². The Bertz CT molecular complexity index is 1030. The number of nitrogens with one attached hydrogen (secondary N) is 2. The molecule has 0 radical (unpaired) electrons. The van der Waals surface area contributed by atoms with E-state index < -0.39 is 16.1 Å². The number of sulfonamides is 1. The molecule has 10 heteroatoms. The third-order valence-electron chi connectivity index (χ3n) is 4.30. The van der Waals surface area contributed by atoms with E-state index in [-0.39, 0.29) is 4.90 Å². The number of nitrogens with zero attached hydrogens (tertiary/aromatic N) is 2. The number of carbonyl (C=O) groups excluding carboxylic acids is 1. The molecule has 1 aliphatic rings. The van der Waals surface area contributed by atoms with Crippen molar-refractivity contribution in [1.82, 2.24) is 4.31 Å². The molecule has 0 saturated carbocycles. The normalized spacial score (nSPS) is 14.6. The molecule has 0 spiro atoms. The van der Waals surface area contributed by atoms with Crippen molar-refractivity contribution in [3.05, 3.63) is 48.0 Å². The van der Waals surface area contributed by atoms with Crippen LogP contribution in [0.2, 0.25) is 0 Å². The van der Waals surface area contributed by atoms with Gasteiger partial charge in [0, 0.05) is 30.5 Å². The summed E-state index contributed by atoms with van der Waals surface area (Å²) >= 11 is 0. The molecule has 2 N–H and O–H groups in total. The number of amides is 2. The molecule has 9 nitrogen and oxygen atoms in total. The van der Waals surface area contributed by atoms with Crippen LogP contribution in [0, 0.1) is 11.3 Å². The summed E-state index contributed by atoms with van der Waals surface area (Å²) in [6, 6.07) is 12.1. The molecule has 3 rings (SSSR count). The van der Waals surface area contributed by atoms with Gasteiger partial charge in [0.15, 0.2) is 0 Å². The van der Waals surface area contributed by atoms with Gasteiger partial charge in [0.05, 0.1) is 30.8 Å². The van der Waals surface area contributed by atoms with Gasteiger partial charge in [-0.15, -0.1) is 0 Å². The van der Waals surface area contributed by atoms with Gasteiger partial charge in [0.2, 0.25) is 10.0 Å². The third kappa shape index (κ3) is 4.83. The van der Waals surface area contributed by atoms with Crippen molar-refractivity contribution in [1.29, 1.82) is 5.26 Å². The van der Waals surface area contributed by atoms with Gasteiger partial charge in [0.1, 0.15) is 11.8 Å². The Labute approximate surface area is 168 Å². The van der Waals surface area contributed by atoms with Crippen molar-refractivity contribution in [2.24, 2.45) is 0 Å². The van der Waals surface area contributed by atoms with Crippen molar-refractivity contribution in [2.75, 3.05) is 44.0 Å². The van der Waals surface area contributed by atoms with E-state index in [0.717, 1.165) is 0 Å². The van der Waals surface area contributed by atoms with E-state index in [1.165, 1.54) is 41.7 Å². The number of carbonyl (C=O) groups is 1. The molecule has 0 unspecified atom stereocenters. The molecule has 1 aliphatic heterocycles. The fraction of sp³-hybridized carbons (Fsp3) is 0.263. The highest BCUT2D eigenvalue weighted by Gasteiger charge is 2.26. The van der Waals surface area contributed by atoms with Crippen LogP contribution in [-0.4, -0.2) is 52.2 Å². The predicted molar refractivity (Wildman–Crippen MR) is 106 cm³/mol. The minimum Gasteiger partial charge on any atom is -0.495 e. The van der Waals surface area contributed by atoms with Gasteiger partial charge < -0.3 is 20.1 Å². The van der Waals surface area contributed by atoms with Gasteiger partial charge in [-0.1, -0.05) is 0 Å². The molecule has 152 valence electrons. The standard InChI is InChI=1S/C19H20N4O5S/c1-27-18-12-16(3-2-14(18)13-20)22-19(24)21-15-4-6-17(7-5-15)29(25,26)23-8-10-28-11-9-23/h2-7,12H,8-11H2,1H3,(H2,21,22,24). The Balaban J connectivity index is 1.65. The first kappa shape index (κ1) is 20.6. The van der Waals surface area contributed by atoms with E-state index in [2.05, 4.69) is 10.6 Å². The molecule has 0 aromatic heterocycles. The molecule has 1 saturated heterocycles. The summed E-state index contributed by atoms with van der Waals surface area (Å²) in [6.45, 7) is 1.38. The topological polar surface area (TPSA) is 121 Å². The largest absolute Gasteiger partial charge is 0.495 e. The van der Waals surface area contributed by atoms with Crippen LogP contribution in [0.15, 0.2) is 47.4 Å². The van der Waals surface area contributed by atoms with Crippen molar-refractivity contribution < 1.29 is 22.7 Å². The zero-order valence-corrected chi connectivity index (χ0v) is 16.5. The van der Waals surface area contributed by atoms with Crippen LogP contribution < -0.4 is 15.4 Å². The number of methoxy groups -OCH3 is 1. The van der Waals surface area contributed by atoms with Crippen LogP contribution in [0.25, 0.3) is 0 Å². The molecule has 2 aromatic rings. The molecule has 1 heterocycles. The van der Waals surface area contributed by atoms with Gasteiger partial charge >= 0.3 is 6.03 Å². The number of anilines is 2. The smallest absolute Gasteiger partial charge is 0.323 e. The maximum atomic E-state index is 12.6. The second-order valence-electron chi connectivity index (χ2n) is 6.15. The molecule has 2 amide bonds. The number of rotatable bonds is 5. The first-order valence-corrected chi connectivity index (χ1v) is 10.2. The summed E-state index contributed by atoms with van der Waals surface area (Å²) in [7, 11) is -2.15. The van der Waals surface area contributed by atoms with Gasteiger partial charge in [-0.2, -0.15) is 9.57 Å². The number of hydrogen-bond donors (Lipinski definition) is 2. The van der Waals surface area contributed by atoms with E-state index in [4.69, 9.17) is 14.7 Å². The van der Waals surface area contributed by atoms with Gasteiger partial charge in [-0.05, 0) is 36.4 Å². The number of nitriles is 1. The number of urea groups is 1. The van der Waals surface area contributed by atoms with Gasteiger partial charge in [-0.25, -0.2) is 13.2 Å². The Kier molecular flexibility index (Phi) is 6.33. The van der Waals surface area contributed by atoms with Crippen molar-refractivity contribution in [3.8, 4) is 11.8 Å². The molecule has 0 atom stereocenters. The zero-order valence-electron chi connectivity index (χ0n) is 15.7. The van der Waals surface area contributed by atoms with Crippen molar-refractivity contribution in [2.45, 2.75) is 4.90 Å². The lowest BCUT2D eigenvalue weighted by atomic mass is 10.2. The van der Waals surface area contributed by atoms with Crippen LogP contribution >= 0.6 is 0 Å². The average Bonchev–Trinajstić information content (AvgIpc) is 2.74.